The van der Waals surface area contributed by atoms with Crippen molar-refractivity contribution in [2.75, 3.05) is 11.9 Å². The molecule has 1 aromatic carbocycles. The molecule has 0 fully saturated rings. The Morgan fingerprint density at radius 3 is 2.25 bits per heavy atom. The van der Waals surface area contributed by atoms with Crippen LogP contribution in [0.2, 0.25) is 0 Å². The molecule has 0 spiro atoms. The maximum atomic E-state index is 9.86. The summed E-state index contributed by atoms with van der Waals surface area (Å²) in [6.45, 7) is 8.80. The molecular weight excluding hydrogens is 198 g/mol. The lowest BCUT2D eigenvalue weighted by Crippen LogP contribution is -2.32. The van der Waals surface area contributed by atoms with E-state index >= 15 is 0 Å². The first-order valence-electron chi connectivity index (χ1n) is 6.01. The number of benzene rings is 1. The van der Waals surface area contributed by atoms with E-state index in [0.717, 1.165) is 12.1 Å². The van der Waals surface area contributed by atoms with Crippen LogP contribution in [-0.2, 0) is 0 Å². The fourth-order valence-electron chi connectivity index (χ4n) is 1.40. The van der Waals surface area contributed by atoms with Crippen molar-refractivity contribution in [3.8, 4) is 0 Å². The van der Waals surface area contributed by atoms with Gasteiger partial charge in [-0.3, -0.25) is 0 Å². The molecule has 0 amide bonds. The van der Waals surface area contributed by atoms with Gasteiger partial charge in [-0.25, -0.2) is 0 Å². The number of aliphatic hydroxyl groups is 1. The Kier molecular flexibility index (Phi) is 4.36. The van der Waals surface area contributed by atoms with Gasteiger partial charge in [0.25, 0.3) is 0 Å². The number of rotatable bonds is 5. The summed E-state index contributed by atoms with van der Waals surface area (Å²) in [6, 6.07) is 8.41. The van der Waals surface area contributed by atoms with Crippen LogP contribution in [0.1, 0.15) is 45.6 Å². The van der Waals surface area contributed by atoms with E-state index in [-0.39, 0.29) is 0 Å². The van der Waals surface area contributed by atoms with E-state index in [2.05, 4.69) is 43.4 Å². The molecule has 0 aliphatic rings. The van der Waals surface area contributed by atoms with E-state index in [1.807, 2.05) is 13.8 Å². The quantitative estimate of drug-likeness (QED) is 0.799. The van der Waals surface area contributed by atoms with E-state index < -0.39 is 5.60 Å². The summed E-state index contributed by atoms with van der Waals surface area (Å²) < 4.78 is 0. The maximum absolute atomic E-state index is 9.86. The topological polar surface area (TPSA) is 32.3 Å². The molecule has 0 aromatic heterocycles. The smallest absolute Gasteiger partial charge is 0.0788 e. The van der Waals surface area contributed by atoms with Gasteiger partial charge < -0.3 is 10.4 Å². The molecule has 16 heavy (non-hydrogen) atoms. The maximum Gasteiger partial charge on any atom is 0.0788 e. The molecule has 0 bridgehead atoms. The van der Waals surface area contributed by atoms with Crippen LogP contribution in [0, 0.1) is 0 Å². The lowest BCUT2D eigenvalue weighted by Gasteiger charge is -2.22. The van der Waals surface area contributed by atoms with Gasteiger partial charge in [-0.1, -0.05) is 32.9 Å². The van der Waals surface area contributed by atoms with Crippen molar-refractivity contribution in [3.05, 3.63) is 29.8 Å². The average Bonchev–Trinajstić information content (AvgIpc) is 2.27. The zero-order valence-corrected chi connectivity index (χ0v) is 10.7. The minimum atomic E-state index is -0.628. The number of hydrogen-bond donors (Lipinski definition) is 2. The second kappa shape index (κ2) is 5.35. The normalized spacial score (nSPS) is 14.9. The van der Waals surface area contributed by atoms with Crippen molar-refractivity contribution < 1.29 is 5.11 Å². The highest BCUT2D eigenvalue weighted by Crippen LogP contribution is 2.18. The monoisotopic (exact) mass is 221 g/mol. The predicted molar refractivity (Wildman–Crippen MR) is 69.9 cm³/mol. The van der Waals surface area contributed by atoms with E-state index in [1.54, 1.807) is 0 Å². The molecule has 2 N–H and O–H groups in total. The molecule has 2 heteroatoms. The van der Waals surface area contributed by atoms with Crippen LogP contribution < -0.4 is 5.32 Å². The molecule has 0 aliphatic heterocycles. The third-order valence-corrected chi connectivity index (χ3v) is 3.01. The van der Waals surface area contributed by atoms with Crippen LogP contribution in [0.4, 0.5) is 5.69 Å². The lowest BCUT2D eigenvalue weighted by atomic mass is 10.0. The molecule has 1 rings (SSSR count). The third-order valence-electron chi connectivity index (χ3n) is 3.01. The molecule has 0 saturated carbocycles. The molecule has 0 aliphatic carbocycles. The van der Waals surface area contributed by atoms with E-state index in [9.17, 15) is 5.11 Å². The second-order valence-electron chi connectivity index (χ2n) is 4.98. The van der Waals surface area contributed by atoms with E-state index in [4.69, 9.17) is 0 Å². The van der Waals surface area contributed by atoms with Crippen molar-refractivity contribution in [1.82, 2.24) is 0 Å². The SMILES string of the molecule is CCC(C)(O)CNc1ccc(C(C)C)cc1. The van der Waals surface area contributed by atoms with Gasteiger partial charge in [0.2, 0.25) is 0 Å². The van der Waals surface area contributed by atoms with Gasteiger partial charge in [-0.2, -0.15) is 0 Å². The predicted octanol–water partition coefficient (Wildman–Crippen LogP) is 3.38. The largest absolute Gasteiger partial charge is 0.388 e. The van der Waals surface area contributed by atoms with E-state index in [0.29, 0.717) is 12.5 Å². The average molecular weight is 221 g/mol. The van der Waals surface area contributed by atoms with Crippen LogP contribution in [-0.4, -0.2) is 17.3 Å². The first kappa shape index (κ1) is 13.0. The zero-order valence-electron chi connectivity index (χ0n) is 10.7. The molecular formula is C14H23NO. The summed E-state index contributed by atoms with van der Waals surface area (Å²) in [5.74, 6) is 0.563. The number of hydrogen-bond acceptors (Lipinski definition) is 2. The van der Waals surface area contributed by atoms with Gasteiger partial charge in [0.15, 0.2) is 0 Å². The van der Waals surface area contributed by atoms with Crippen LogP contribution in [0.15, 0.2) is 24.3 Å². The van der Waals surface area contributed by atoms with Crippen molar-refractivity contribution in [2.45, 2.75) is 45.6 Å². The molecule has 1 unspecified atom stereocenters. The Balaban J connectivity index is 2.56. The Labute approximate surface area is 98.7 Å². The minimum Gasteiger partial charge on any atom is -0.388 e. The minimum absolute atomic E-state index is 0.563. The Morgan fingerprint density at radius 2 is 1.81 bits per heavy atom. The Bertz CT molecular complexity index is 314. The molecule has 0 radical (unpaired) electrons. The molecule has 2 nitrogen and oxygen atoms in total. The Morgan fingerprint density at radius 1 is 1.25 bits per heavy atom. The van der Waals surface area contributed by atoms with Gasteiger partial charge in [-0.05, 0) is 37.0 Å². The van der Waals surface area contributed by atoms with Crippen molar-refractivity contribution >= 4 is 5.69 Å². The summed E-state index contributed by atoms with van der Waals surface area (Å²) in [6.07, 6.45) is 0.754. The highest BCUT2D eigenvalue weighted by atomic mass is 16.3. The standard InChI is InChI=1S/C14H23NO/c1-5-14(4,16)10-15-13-8-6-12(7-9-13)11(2)3/h6-9,11,15-16H,5,10H2,1-4H3. The summed E-state index contributed by atoms with van der Waals surface area (Å²) in [5.41, 5.74) is 1.78. The summed E-state index contributed by atoms with van der Waals surface area (Å²) in [7, 11) is 0. The van der Waals surface area contributed by atoms with Crippen molar-refractivity contribution in [3.63, 3.8) is 0 Å². The van der Waals surface area contributed by atoms with Gasteiger partial charge in [-0.15, -0.1) is 0 Å². The highest BCUT2D eigenvalue weighted by molar-refractivity contribution is 5.45. The highest BCUT2D eigenvalue weighted by Gasteiger charge is 2.16. The van der Waals surface area contributed by atoms with Gasteiger partial charge in [0.05, 0.1) is 5.60 Å². The first-order valence-corrected chi connectivity index (χ1v) is 6.01. The molecule has 0 heterocycles. The van der Waals surface area contributed by atoms with Crippen molar-refractivity contribution in [1.29, 1.82) is 0 Å². The van der Waals surface area contributed by atoms with Crippen LogP contribution in [0.25, 0.3) is 0 Å². The lowest BCUT2D eigenvalue weighted by molar-refractivity contribution is 0.0697. The number of anilines is 1. The second-order valence-corrected chi connectivity index (χ2v) is 4.98. The summed E-state index contributed by atoms with van der Waals surface area (Å²) >= 11 is 0. The Hall–Kier alpha value is -1.02. The van der Waals surface area contributed by atoms with Gasteiger partial charge >= 0.3 is 0 Å². The molecule has 90 valence electrons. The molecule has 0 saturated heterocycles. The van der Waals surface area contributed by atoms with Crippen LogP contribution in [0.5, 0.6) is 0 Å². The molecule has 1 aromatic rings. The zero-order chi connectivity index (χ0) is 12.2. The van der Waals surface area contributed by atoms with Gasteiger partial charge in [0, 0.05) is 12.2 Å². The van der Waals surface area contributed by atoms with Crippen molar-refractivity contribution in [2.24, 2.45) is 0 Å². The molecule has 1 atom stereocenters. The van der Waals surface area contributed by atoms with Gasteiger partial charge in [0.1, 0.15) is 0 Å². The third kappa shape index (κ3) is 3.86. The van der Waals surface area contributed by atoms with Crippen LogP contribution >= 0.6 is 0 Å². The summed E-state index contributed by atoms with van der Waals surface area (Å²) in [4.78, 5) is 0. The fourth-order valence-corrected chi connectivity index (χ4v) is 1.40. The fraction of sp³-hybridized carbons (Fsp3) is 0.571. The summed E-state index contributed by atoms with van der Waals surface area (Å²) in [5, 5.41) is 13.1. The van der Waals surface area contributed by atoms with Crippen LogP contribution in [0.3, 0.4) is 0 Å². The first-order chi connectivity index (χ1) is 7.44. The van der Waals surface area contributed by atoms with E-state index in [1.165, 1.54) is 5.56 Å². The number of nitrogens with one attached hydrogen (secondary N) is 1.